The lowest BCUT2D eigenvalue weighted by Crippen LogP contribution is -2.30. The highest BCUT2D eigenvalue weighted by molar-refractivity contribution is 5.69. The molecule has 0 bridgehead atoms. The topological polar surface area (TPSA) is 51.7 Å². The van der Waals surface area contributed by atoms with Gasteiger partial charge in [-0.25, -0.2) is 4.98 Å². The van der Waals surface area contributed by atoms with E-state index in [0.29, 0.717) is 26.1 Å². The molecule has 0 saturated carbocycles. The number of rotatable bonds is 7. The number of methoxy groups -OCH3 is 2. The Morgan fingerprint density at radius 3 is 2.76 bits per heavy atom. The molecule has 0 amide bonds. The number of pyridine rings is 1. The fourth-order valence-corrected chi connectivity index (χ4v) is 1.41. The molecule has 94 valence electrons. The highest BCUT2D eigenvalue weighted by atomic mass is 16.5. The number of esters is 1. The number of aromatic nitrogens is 1. The van der Waals surface area contributed by atoms with Gasteiger partial charge < -0.3 is 14.4 Å². The van der Waals surface area contributed by atoms with Gasteiger partial charge in [0.1, 0.15) is 5.82 Å². The molecule has 0 radical (unpaired) electrons. The first-order valence-electron chi connectivity index (χ1n) is 5.49. The van der Waals surface area contributed by atoms with Crippen molar-refractivity contribution in [2.45, 2.75) is 6.42 Å². The minimum Gasteiger partial charge on any atom is -0.469 e. The van der Waals surface area contributed by atoms with Crippen LogP contribution in [0, 0.1) is 0 Å². The van der Waals surface area contributed by atoms with E-state index >= 15 is 0 Å². The Labute approximate surface area is 101 Å². The van der Waals surface area contributed by atoms with Crippen LogP contribution in [0.15, 0.2) is 24.4 Å². The first-order chi connectivity index (χ1) is 8.27. The molecule has 5 heteroatoms. The van der Waals surface area contributed by atoms with Crippen molar-refractivity contribution in [2.24, 2.45) is 0 Å². The maximum atomic E-state index is 11.1. The third-order valence-corrected chi connectivity index (χ3v) is 2.35. The van der Waals surface area contributed by atoms with E-state index in [1.54, 1.807) is 13.3 Å². The van der Waals surface area contributed by atoms with Crippen molar-refractivity contribution in [1.29, 1.82) is 0 Å². The quantitative estimate of drug-likeness (QED) is 0.666. The molecule has 0 atom stereocenters. The molecule has 0 aliphatic heterocycles. The highest BCUT2D eigenvalue weighted by Crippen LogP contribution is 2.09. The lowest BCUT2D eigenvalue weighted by atomic mass is 10.3. The van der Waals surface area contributed by atoms with Gasteiger partial charge in [0.2, 0.25) is 0 Å². The fourth-order valence-electron chi connectivity index (χ4n) is 1.41. The minimum absolute atomic E-state index is 0.219. The molecule has 0 unspecified atom stereocenters. The zero-order valence-corrected chi connectivity index (χ0v) is 10.3. The van der Waals surface area contributed by atoms with Crippen LogP contribution in [0.25, 0.3) is 0 Å². The van der Waals surface area contributed by atoms with Gasteiger partial charge in [-0.2, -0.15) is 0 Å². The third kappa shape index (κ3) is 4.82. The summed E-state index contributed by atoms with van der Waals surface area (Å²) in [7, 11) is 3.04. The zero-order chi connectivity index (χ0) is 12.5. The molecule has 1 heterocycles. The summed E-state index contributed by atoms with van der Waals surface area (Å²) in [5.41, 5.74) is 0. The summed E-state index contributed by atoms with van der Waals surface area (Å²) in [6.45, 7) is 1.87. The highest BCUT2D eigenvalue weighted by Gasteiger charge is 2.09. The molecule has 0 spiro atoms. The molecule has 0 aliphatic rings. The number of hydrogen-bond acceptors (Lipinski definition) is 5. The molecule has 1 aromatic heterocycles. The van der Waals surface area contributed by atoms with Crippen LogP contribution in [0.4, 0.5) is 5.82 Å². The molecule has 1 rings (SSSR count). The number of hydrogen-bond donors (Lipinski definition) is 0. The van der Waals surface area contributed by atoms with Crippen LogP contribution in [0.3, 0.4) is 0 Å². The standard InChI is InChI=1S/C12H18N2O3/c1-16-10-9-14(8-6-12(15)17-2)11-5-3-4-7-13-11/h3-5,7H,6,8-10H2,1-2H3. The van der Waals surface area contributed by atoms with Crippen LogP contribution in [0.1, 0.15) is 6.42 Å². The second-order valence-electron chi connectivity index (χ2n) is 3.49. The van der Waals surface area contributed by atoms with Gasteiger partial charge in [-0.15, -0.1) is 0 Å². The van der Waals surface area contributed by atoms with Gasteiger partial charge in [0.25, 0.3) is 0 Å². The van der Waals surface area contributed by atoms with E-state index < -0.39 is 0 Å². The number of anilines is 1. The van der Waals surface area contributed by atoms with E-state index in [-0.39, 0.29) is 5.97 Å². The van der Waals surface area contributed by atoms with Crippen molar-refractivity contribution in [3.05, 3.63) is 24.4 Å². The maximum Gasteiger partial charge on any atom is 0.307 e. The largest absolute Gasteiger partial charge is 0.469 e. The minimum atomic E-state index is -0.219. The first kappa shape index (κ1) is 13.4. The van der Waals surface area contributed by atoms with Crippen LogP contribution in [-0.2, 0) is 14.3 Å². The van der Waals surface area contributed by atoms with Crippen LogP contribution < -0.4 is 4.90 Å². The first-order valence-corrected chi connectivity index (χ1v) is 5.49. The van der Waals surface area contributed by atoms with Gasteiger partial charge >= 0.3 is 5.97 Å². The van der Waals surface area contributed by atoms with Crippen molar-refractivity contribution in [2.75, 3.05) is 38.8 Å². The summed E-state index contributed by atoms with van der Waals surface area (Å²) in [5, 5.41) is 0. The molecule has 1 aromatic rings. The Hall–Kier alpha value is -1.62. The number of nitrogens with zero attached hydrogens (tertiary/aromatic N) is 2. The van der Waals surface area contributed by atoms with Crippen molar-refractivity contribution < 1.29 is 14.3 Å². The molecule has 0 N–H and O–H groups in total. The monoisotopic (exact) mass is 238 g/mol. The third-order valence-electron chi connectivity index (χ3n) is 2.35. The van der Waals surface area contributed by atoms with Crippen LogP contribution in [0.2, 0.25) is 0 Å². The van der Waals surface area contributed by atoms with E-state index in [2.05, 4.69) is 9.72 Å². The summed E-state index contributed by atoms with van der Waals surface area (Å²) in [5.74, 6) is 0.622. The van der Waals surface area contributed by atoms with Crippen LogP contribution >= 0.6 is 0 Å². The van der Waals surface area contributed by atoms with Gasteiger partial charge in [-0.1, -0.05) is 6.07 Å². The van der Waals surface area contributed by atoms with Gasteiger partial charge in [0.15, 0.2) is 0 Å². The van der Waals surface area contributed by atoms with E-state index in [0.717, 1.165) is 5.82 Å². The number of carbonyl (C=O) groups is 1. The summed E-state index contributed by atoms with van der Waals surface area (Å²) in [6.07, 6.45) is 2.07. The van der Waals surface area contributed by atoms with Crippen molar-refractivity contribution in [3.63, 3.8) is 0 Å². The normalized spacial score (nSPS) is 10.0. The molecule has 0 aliphatic carbocycles. The predicted molar refractivity (Wildman–Crippen MR) is 65.0 cm³/mol. The molecule has 0 aromatic carbocycles. The Bertz CT molecular complexity index is 330. The Kier molecular flexibility index (Phi) is 6.03. The molecule has 5 nitrogen and oxygen atoms in total. The van der Waals surface area contributed by atoms with Gasteiger partial charge in [-0.05, 0) is 12.1 Å². The Morgan fingerprint density at radius 2 is 2.18 bits per heavy atom. The SMILES string of the molecule is COCCN(CCC(=O)OC)c1ccccn1. The van der Waals surface area contributed by atoms with Gasteiger partial charge in [0.05, 0.1) is 20.1 Å². The van der Waals surface area contributed by atoms with E-state index in [1.807, 2.05) is 23.1 Å². The van der Waals surface area contributed by atoms with E-state index in [1.165, 1.54) is 7.11 Å². The molecule has 0 saturated heterocycles. The summed E-state index contributed by atoms with van der Waals surface area (Å²) < 4.78 is 9.67. The number of carbonyl (C=O) groups excluding carboxylic acids is 1. The van der Waals surface area contributed by atoms with Crippen LogP contribution in [-0.4, -0.2) is 44.9 Å². The zero-order valence-electron chi connectivity index (χ0n) is 10.3. The summed E-state index contributed by atoms with van der Waals surface area (Å²) in [4.78, 5) is 17.4. The lowest BCUT2D eigenvalue weighted by Gasteiger charge is -2.22. The van der Waals surface area contributed by atoms with Gasteiger partial charge in [-0.3, -0.25) is 4.79 Å². The van der Waals surface area contributed by atoms with E-state index in [9.17, 15) is 4.79 Å². The summed E-state index contributed by atoms with van der Waals surface area (Å²) >= 11 is 0. The van der Waals surface area contributed by atoms with Crippen LogP contribution in [0.5, 0.6) is 0 Å². The Balaban J connectivity index is 2.57. The molecule has 0 fully saturated rings. The average Bonchev–Trinajstić information content (AvgIpc) is 2.39. The lowest BCUT2D eigenvalue weighted by molar-refractivity contribution is -0.140. The van der Waals surface area contributed by atoms with E-state index in [4.69, 9.17) is 4.74 Å². The van der Waals surface area contributed by atoms with Crippen molar-refractivity contribution in [1.82, 2.24) is 4.98 Å². The maximum absolute atomic E-state index is 11.1. The number of ether oxygens (including phenoxy) is 2. The van der Waals surface area contributed by atoms with Crippen molar-refractivity contribution in [3.8, 4) is 0 Å². The Morgan fingerprint density at radius 1 is 1.35 bits per heavy atom. The van der Waals surface area contributed by atoms with Gasteiger partial charge in [0, 0.05) is 26.4 Å². The summed E-state index contributed by atoms with van der Waals surface area (Å²) in [6, 6.07) is 5.69. The van der Waals surface area contributed by atoms with Crippen molar-refractivity contribution >= 4 is 11.8 Å². The average molecular weight is 238 g/mol. The smallest absolute Gasteiger partial charge is 0.307 e. The molecular weight excluding hydrogens is 220 g/mol. The second kappa shape index (κ2) is 7.62. The molecular formula is C12H18N2O3. The fraction of sp³-hybridized carbons (Fsp3) is 0.500. The predicted octanol–water partition coefficient (Wildman–Crippen LogP) is 1.10. The molecule has 17 heavy (non-hydrogen) atoms. The second-order valence-corrected chi connectivity index (χ2v) is 3.49.